The number of hydrogen-bond donors (Lipinski definition) is 1. The summed E-state index contributed by atoms with van der Waals surface area (Å²) < 4.78 is 0. The standard InChI is InChI=1S/C10H18O2/c1-7-8(6-11)10(2,3)5-4-9(7)12/h7-8,11H,4-6H2,1-3H3. The van der Waals surface area contributed by atoms with Gasteiger partial charge < -0.3 is 5.11 Å². The van der Waals surface area contributed by atoms with Gasteiger partial charge in [0.1, 0.15) is 5.78 Å². The van der Waals surface area contributed by atoms with Crippen molar-refractivity contribution in [3.05, 3.63) is 0 Å². The van der Waals surface area contributed by atoms with Gasteiger partial charge in [-0.25, -0.2) is 0 Å². The van der Waals surface area contributed by atoms with E-state index in [-0.39, 0.29) is 23.9 Å². The lowest BCUT2D eigenvalue weighted by molar-refractivity contribution is -0.131. The Kier molecular flexibility index (Phi) is 2.57. The fourth-order valence-electron chi connectivity index (χ4n) is 2.16. The van der Waals surface area contributed by atoms with E-state index in [1.807, 2.05) is 6.92 Å². The van der Waals surface area contributed by atoms with Crippen LogP contribution in [-0.2, 0) is 4.79 Å². The number of aliphatic hydroxyl groups is 1. The molecule has 2 unspecified atom stereocenters. The molecule has 0 spiro atoms. The van der Waals surface area contributed by atoms with Crippen LogP contribution in [0, 0.1) is 17.3 Å². The molecule has 1 aliphatic rings. The number of carbonyl (C=O) groups is 1. The minimum Gasteiger partial charge on any atom is -0.396 e. The van der Waals surface area contributed by atoms with Crippen LogP contribution >= 0.6 is 0 Å². The molecule has 0 aromatic rings. The third-order valence-corrected chi connectivity index (χ3v) is 3.33. The van der Waals surface area contributed by atoms with Crippen LogP contribution in [0.5, 0.6) is 0 Å². The number of Topliss-reactive ketones (excluding diaryl/α,β-unsaturated/α-hetero) is 1. The van der Waals surface area contributed by atoms with Gasteiger partial charge in [0.15, 0.2) is 0 Å². The molecule has 0 aliphatic heterocycles. The van der Waals surface area contributed by atoms with Crippen LogP contribution in [0.4, 0.5) is 0 Å². The Bertz CT molecular complexity index is 184. The molecule has 2 atom stereocenters. The molecule has 2 heteroatoms. The zero-order valence-corrected chi connectivity index (χ0v) is 8.13. The topological polar surface area (TPSA) is 37.3 Å². The molecule has 1 fully saturated rings. The van der Waals surface area contributed by atoms with Gasteiger partial charge in [0.2, 0.25) is 0 Å². The Hall–Kier alpha value is -0.370. The van der Waals surface area contributed by atoms with Crippen molar-refractivity contribution < 1.29 is 9.90 Å². The third-order valence-electron chi connectivity index (χ3n) is 3.33. The minimum absolute atomic E-state index is 0.0405. The average Bonchev–Trinajstić information content (AvgIpc) is 1.99. The number of aliphatic hydroxyl groups excluding tert-OH is 1. The van der Waals surface area contributed by atoms with E-state index in [9.17, 15) is 4.79 Å². The van der Waals surface area contributed by atoms with Crippen LogP contribution in [0.3, 0.4) is 0 Å². The van der Waals surface area contributed by atoms with Crippen molar-refractivity contribution in [1.29, 1.82) is 0 Å². The lowest BCUT2D eigenvalue weighted by atomic mass is 9.64. The number of carbonyl (C=O) groups excluding carboxylic acids is 1. The largest absolute Gasteiger partial charge is 0.396 e. The molecule has 1 aliphatic carbocycles. The second-order valence-electron chi connectivity index (χ2n) is 4.53. The number of hydrogen-bond acceptors (Lipinski definition) is 2. The van der Waals surface area contributed by atoms with Gasteiger partial charge in [0.25, 0.3) is 0 Å². The first-order chi connectivity index (χ1) is 5.49. The lowest BCUT2D eigenvalue weighted by Crippen LogP contribution is -2.40. The normalized spacial score (nSPS) is 35.2. The molecule has 2 nitrogen and oxygen atoms in total. The predicted molar refractivity (Wildman–Crippen MR) is 47.8 cm³/mol. The molecule has 0 bridgehead atoms. The molecule has 0 amide bonds. The molecule has 0 saturated heterocycles. The SMILES string of the molecule is CC1C(=O)CCC(C)(C)C1CO. The van der Waals surface area contributed by atoms with Crippen molar-refractivity contribution in [2.45, 2.75) is 33.6 Å². The maximum atomic E-state index is 11.3. The van der Waals surface area contributed by atoms with Gasteiger partial charge in [-0.2, -0.15) is 0 Å². The first kappa shape index (κ1) is 9.72. The van der Waals surface area contributed by atoms with E-state index >= 15 is 0 Å². The van der Waals surface area contributed by atoms with Crippen molar-refractivity contribution in [1.82, 2.24) is 0 Å². The summed E-state index contributed by atoms with van der Waals surface area (Å²) in [6.07, 6.45) is 1.60. The highest BCUT2D eigenvalue weighted by atomic mass is 16.3. The van der Waals surface area contributed by atoms with Gasteiger partial charge >= 0.3 is 0 Å². The summed E-state index contributed by atoms with van der Waals surface area (Å²) >= 11 is 0. The lowest BCUT2D eigenvalue weighted by Gasteiger charge is -2.40. The van der Waals surface area contributed by atoms with E-state index in [0.29, 0.717) is 12.2 Å². The maximum absolute atomic E-state index is 11.3. The molecular weight excluding hydrogens is 152 g/mol. The third kappa shape index (κ3) is 1.53. The summed E-state index contributed by atoms with van der Waals surface area (Å²) in [7, 11) is 0. The van der Waals surface area contributed by atoms with Crippen LogP contribution < -0.4 is 0 Å². The van der Waals surface area contributed by atoms with Gasteiger partial charge in [-0.1, -0.05) is 20.8 Å². The zero-order chi connectivity index (χ0) is 9.35. The summed E-state index contributed by atoms with van der Waals surface area (Å²) in [5, 5.41) is 9.16. The predicted octanol–water partition coefficient (Wildman–Crippen LogP) is 1.62. The molecule has 70 valence electrons. The summed E-state index contributed by atoms with van der Waals surface area (Å²) in [5.74, 6) is 0.505. The Labute approximate surface area is 74.0 Å². The molecule has 1 N–H and O–H groups in total. The number of rotatable bonds is 1. The molecule has 12 heavy (non-hydrogen) atoms. The van der Waals surface area contributed by atoms with E-state index in [4.69, 9.17) is 5.11 Å². The quantitative estimate of drug-likeness (QED) is 0.649. The van der Waals surface area contributed by atoms with Gasteiger partial charge in [-0.3, -0.25) is 4.79 Å². The summed E-state index contributed by atoms with van der Waals surface area (Å²) in [5.41, 5.74) is 0.127. The van der Waals surface area contributed by atoms with Crippen LogP contribution in [0.25, 0.3) is 0 Å². The minimum atomic E-state index is 0.0405. The average molecular weight is 170 g/mol. The van der Waals surface area contributed by atoms with E-state index in [0.717, 1.165) is 6.42 Å². The molecular formula is C10H18O2. The summed E-state index contributed by atoms with van der Waals surface area (Å²) in [6, 6.07) is 0. The first-order valence-electron chi connectivity index (χ1n) is 4.62. The van der Waals surface area contributed by atoms with E-state index in [2.05, 4.69) is 13.8 Å². The van der Waals surface area contributed by atoms with Crippen LogP contribution in [0.15, 0.2) is 0 Å². The zero-order valence-electron chi connectivity index (χ0n) is 8.13. The van der Waals surface area contributed by atoms with Crippen molar-refractivity contribution in [2.24, 2.45) is 17.3 Å². The van der Waals surface area contributed by atoms with Gasteiger partial charge in [0, 0.05) is 18.9 Å². The Morgan fingerprint density at radius 2 is 2.17 bits per heavy atom. The number of ketones is 1. The van der Waals surface area contributed by atoms with Crippen molar-refractivity contribution in [3.8, 4) is 0 Å². The molecule has 0 radical (unpaired) electrons. The Morgan fingerprint density at radius 1 is 1.58 bits per heavy atom. The molecule has 1 rings (SSSR count). The highest BCUT2D eigenvalue weighted by Gasteiger charge is 2.40. The van der Waals surface area contributed by atoms with E-state index in [1.54, 1.807) is 0 Å². The summed E-state index contributed by atoms with van der Waals surface area (Å²) in [4.78, 5) is 11.3. The second kappa shape index (κ2) is 3.17. The maximum Gasteiger partial charge on any atom is 0.136 e. The van der Waals surface area contributed by atoms with Crippen LogP contribution in [-0.4, -0.2) is 17.5 Å². The molecule has 1 saturated carbocycles. The van der Waals surface area contributed by atoms with Gasteiger partial charge in [-0.05, 0) is 17.8 Å². The fourth-order valence-corrected chi connectivity index (χ4v) is 2.16. The molecule has 0 heterocycles. The Balaban J connectivity index is 2.79. The van der Waals surface area contributed by atoms with Gasteiger partial charge in [0.05, 0.1) is 0 Å². The van der Waals surface area contributed by atoms with E-state index < -0.39 is 0 Å². The first-order valence-corrected chi connectivity index (χ1v) is 4.62. The van der Waals surface area contributed by atoms with Crippen molar-refractivity contribution >= 4 is 5.78 Å². The Morgan fingerprint density at radius 3 is 2.58 bits per heavy atom. The van der Waals surface area contributed by atoms with E-state index in [1.165, 1.54) is 0 Å². The monoisotopic (exact) mass is 170 g/mol. The van der Waals surface area contributed by atoms with Crippen molar-refractivity contribution in [3.63, 3.8) is 0 Å². The van der Waals surface area contributed by atoms with Crippen LogP contribution in [0.1, 0.15) is 33.6 Å². The molecule has 0 aromatic carbocycles. The highest BCUT2D eigenvalue weighted by molar-refractivity contribution is 5.81. The fraction of sp³-hybridized carbons (Fsp3) is 0.900. The summed E-state index contributed by atoms with van der Waals surface area (Å²) in [6.45, 7) is 6.34. The highest BCUT2D eigenvalue weighted by Crippen LogP contribution is 2.41. The smallest absolute Gasteiger partial charge is 0.136 e. The van der Waals surface area contributed by atoms with Crippen molar-refractivity contribution in [2.75, 3.05) is 6.61 Å². The second-order valence-corrected chi connectivity index (χ2v) is 4.53. The van der Waals surface area contributed by atoms with Gasteiger partial charge in [-0.15, -0.1) is 0 Å². The van der Waals surface area contributed by atoms with Crippen LogP contribution in [0.2, 0.25) is 0 Å². The molecule has 0 aromatic heterocycles.